The third-order valence-electron chi connectivity index (χ3n) is 7.04. The average molecular weight is 509 g/mol. The highest BCUT2D eigenvalue weighted by Gasteiger charge is 2.25. The number of aromatic nitrogens is 2. The van der Waals surface area contributed by atoms with Crippen LogP contribution in [0, 0.1) is 0 Å². The van der Waals surface area contributed by atoms with Crippen molar-refractivity contribution in [3.63, 3.8) is 0 Å². The molecule has 37 heavy (non-hydrogen) atoms. The van der Waals surface area contributed by atoms with E-state index in [9.17, 15) is 4.79 Å². The van der Waals surface area contributed by atoms with Crippen LogP contribution < -0.4 is 24.5 Å². The van der Waals surface area contributed by atoms with Crippen LogP contribution in [0.15, 0.2) is 29.1 Å². The minimum atomic E-state index is -0.0105. The average Bonchev–Trinajstić information content (AvgIpc) is 3.45. The summed E-state index contributed by atoms with van der Waals surface area (Å²) in [4.78, 5) is 18.6. The zero-order chi connectivity index (χ0) is 26.3. The summed E-state index contributed by atoms with van der Waals surface area (Å²) < 4.78 is 26.9. The van der Waals surface area contributed by atoms with Gasteiger partial charge in [-0.3, -0.25) is 4.79 Å². The molecule has 2 aromatic carbocycles. The van der Waals surface area contributed by atoms with E-state index < -0.39 is 0 Å². The number of methoxy groups -OCH3 is 2. The lowest BCUT2D eigenvalue weighted by Gasteiger charge is -2.18. The summed E-state index contributed by atoms with van der Waals surface area (Å²) in [5, 5.41) is 2.54. The first-order chi connectivity index (χ1) is 17.8. The van der Waals surface area contributed by atoms with Crippen molar-refractivity contribution in [2.45, 2.75) is 25.9 Å². The Hall–Kier alpha value is -3.43. The van der Waals surface area contributed by atoms with Crippen LogP contribution in [0.25, 0.3) is 32.7 Å². The molecule has 198 valence electrons. The monoisotopic (exact) mass is 508 g/mol. The summed E-state index contributed by atoms with van der Waals surface area (Å²) >= 11 is 0. The van der Waals surface area contributed by atoms with Gasteiger partial charge < -0.3 is 37.9 Å². The first-order valence-electron chi connectivity index (χ1n) is 12.7. The Bertz CT molecular complexity index is 1520. The Morgan fingerprint density at radius 1 is 0.784 bits per heavy atom. The number of benzene rings is 2. The largest absolute Gasteiger partial charge is 0.493 e. The normalized spacial score (nSPS) is 13.1. The summed E-state index contributed by atoms with van der Waals surface area (Å²) in [5.74, 6) is 2.62. The van der Waals surface area contributed by atoms with Crippen molar-refractivity contribution in [2.75, 3.05) is 62.3 Å². The van der Waals surface area contributed by atoms with Crippen LogP contribution in [-0.4, -0.2) is 81.2 Å². The Morgan fingerprint density at radius 2 is 1.35 bits per heavy atom. The van der Waals surface area contributed by atoms with E-state index in [1.54, 1.807) is 14.2 Å². The molecule has 4 aromatic rings. The van der Waals surface area contributed by atoms with E-state index in [4.69, 9.17) is 18.9 Å². The van der Waals surface area contributed by atoms with Gasteiger partial charge in [-0.05, 0) is 66.3 Å². The second kappa shape index (κ2) is 10.1. The number of pyridine rings is 1. The molecule has 0 bridgehead atoms. The van der Waals surface area contributed by atoms with Gasteiger partial charge in [0.05, 0.1) is 36.2 Å². The molecule has 0 spiro atoms. The lowest BCUT2D eigenvalue weighted by Crippen LogP contribution is -2.24. The molecule has 0 radical (unpaired) electrons. The molecule has 0 aliphatic carbocycles. The molecule has 3 heterocycles. The lowest BCUT2D eigenvalue weighted by atomic mass is 10.1. The summed E-state index contributed by atoms with van der Waals surface area (Å²) in [6.07, 6.45) is 1.77. The number of aryl methyl sites for hydroxylation is 2. The molecule has 0 saturated heterocycles. The Balaban J connectivity index is 1.87. The van der Waals surface area contributed by atoms with Gasteiger partial charge >= 0.3 is 0 Å². The van der Waals surface area contributed by atoms with Gasteiger partial charge in [0.15, 0.2) is 23.0 Å². The first kappa shape index (κ1) is 25.2. The molecule has 0 saturated carbocycles. The molecule has 2 aromatic heterocycles. The zero-order valence-corrected chi connectivity index (χ0v) is 22.6. The van der Waals surface area contributed by atoms with Crippen LogP contribution in [0.4, 0.5) is 0 Å². The van der Waals surface area contributed by atoms with Crippen molar-refractivity contribution in [1.82, 2.24) is 18.9 Å². The highest BCUT2D eigenvalue weighted by atomic mass is 16.7. The van der Waals surface area contributed by atoms with Crippen molar-refractivity contribution in [3.8, 4) is 23.0 Å². The number of hydrogen-bond donors (Lipinski definition) is 0. The number of ether oxygens (including phenoxy) is 4. The van der Waals surface area contributed by atoms with Crippen LogP contribution in [0.1, 0.15) is 12.8 Å². The van der Waals surface area contributed by atoms with E-state index in [-0.39, 0.29) is 12.4 Å². The zero-order valence-electron chi connectivity index (χ0n) is 22.6. The van der Waals surface area contributed by atoms with E-state index in [2.05, 4.69) is 28.5 Å². The fraction of sp³-hybridized carbons (Fsp3) is 0.464. The Labute approximate surface area is 216 Å². The summed E-state index contributed by atoms with van der Waals surface area (Å²) in [5.41, 5.74) is 2.70. The van der Waals surface area contributed by atoms with Crippen molar-refractivity contribution >= 4 is 32.7 Å². The van der Waals surface area contributed by atoms with E-state index in [1.807, 2.05) is 42.9 Å². The Kier molecular flexibility index (Phi) is 6.92. The first-order valence-corrected chi connectivity index (χ1v) is 12.7. The Morgan fingerprint density at radius 3 is 1.97 bits per heavy atom. The summed E-state index contributed by atoms with van der Waals surface area (Å²) in [6.45, 7) is 3.35. The number of nitrogens with zero attached hydrogens (tertiary/aromatic N) is 4. The molecular weight excluding hydrogens is 472 g/mol. The standard InChI is InChI=1S/C28H36N4O5/c1-29(2)9-7-11-31-20-16-25-24(36-17-37-25)13-18(20)26-27(31)19-14-22(34-5)23(35-6)15-21(19)32(28(26)33)12-8-10-30(3)4/h13-16H,7-12,17H2,1-6H3. The van der Waals surface area contributed by atoms with Crippen molar-refractivity contribution in [3.05, 3.63) is 34.6 Å². The summed E-state index contributed by atoms with van der Waals surface area (Å²) in [6, 6.07) is 7.90. The highest BCUT2D eigenvalue weighted by molar-refractivity contribution is 6.17. The minimum Gasteiger partial charge on any atom is -0.493 e. The predicted octanol–water partition coefficient (Wildman–Crippen LogP) is 3.76. The van der Waals surface area contributed by atoms with E-state index in [1.165, 1.54) is 0 Å². The molecule has 0 atom stereocenters. The van der Waals surface area contributed by atoms with Gasteiger partial charge in [0.1, 0.15) is 0 Å². The van der Waals surface area contributed by atoms with E-state index in [0.717, 1.165) is 59.8 Å². The molecule has 9 nitrogen and oxygen atoms in total. The van der Waals surface area contributed by atoms with Crippen molar-refractivity contribution in [1.29, 1.82) is 0 Å². The third kappa shape index (κ3) is 4.46. The van der Waals surface area contributed by atoms with Gasteiger partial charge in [-0.15, -0.1) is 0 Å². The maximum atomic E-state index is 14.3. The second-order valence-electron chi connectivity index (χ2n) is 10.1. The minimum absolute atomic E-state index is 0.0105. The quantitative estimate of drug-likeness (QED) is 0.323. The molecule has 1 aliphatic rings. The van der Waals surface area contributed by atoms with Gasteiger partial charge in [-0.1, -0.05) is 0 Å². The molecule has 0 amide bonds. The smallest absolute Gasteiger partial charge is 0.261 e. The predicted molar refractivity (Wildman–Crippen MR) is 147 cm³/mol. The van der Waals surface area contributed by atoms with Crippen LogP contribution in [0.2, 0.25) is 0 Å². The SMILES string of the molecule is COc1cc2c(cc1OC)n(CCCN(C)C)c(=O)c1c3cc4c(cc3n(CCCN(C)C)c21)OCO4. The van der Waals surface area contributed by atoms with Gasteiger partial charge in [0, 0.05) is 36.0 Å². The fourth-order valence-corrected chi connectivity index (χ4v) is 5.30. The molecule has 0 unspecified atom stereocenters. The van der Waals surface area contributed by atoms with Crippen LogP contribution in [0.5, 0.6) is 23.0 Å². The van der Waals surface area contributed by atoms with E-state index in [0.29, 0.717) is 34.9 Å². The summed E-state index contributed by atoms with van der Waals surface area (Å²) in [7, 11) is 11.5. The van der Waals surface area contributed by atoms with Gasteiger partial charge in [-0.2, -0.15) is 0 Å². The molecule has 5 rings (SSSR count). The van der Waals surface area contributed by atoms with Crippen molar-refractivity contribution < 1.29 is 18.9 Å². The highest BCUT2D eigenvalue weighted by Crippen LogP contribution is 2.42. The number of fused-ring (bicyclic) bond motifs is 6. The maximum absolute atomic E-state index is 14.3. The van der Waals surface area contributed by atoms with Crippen LogP contribution in [-0.2, 0) is 13.1 Å². The van der Waals surface area contributed by atoms with Gasteiger partial charge in [0.2, 0.25) is 6.79 Å². The molecular formula is C28H36N4O5. The lowest BCUT2D eigenvalue weighted by molar-refractivity contribution is 0.174. The third-order valence-corrected chi connectivity index (χ3v) is 7.04. The molecule has 1 aliphatic heterocycles. The fourth-order valence-electron chi connectivity index (χ4n) is 5.30. The molecule has 0 fully saturated rings. The topological polar surface area (TPSA) is 70.3 Å². The van der Waals surface area contributed by atoms with Crippen LogP contribution in [0.3, 0.4) is 0 Å². The van der Waals surface area contributed by atoms with E-state index >= 15 is 0 Å². The van der Waals surface area contributed by atoms with Gasteiger partial charge in [0.25, 0.3) is 5.56 Å². The number of rotatable bonds is 10. The molecule has 0 N–H and O–H groups in total. The molecule has 9 heteroatoms. The number of hydrogen-bond acceptors (Lipinski definition) is 7. The van der Waals surface area contributed by atoms with Gasteiger partial charge in [-0.25, -0.2) is 0 Å². The maximum Gasteiger partial charge on any atom is 0.261 e. The van der Waals surface area contributed by atoms with Crippen LogP contribution >= 0.6 is 0 Å². The van der Waals surface area contributed by atoms with Crippen molar-refractivity contribution in [2.24, 2.45) is 0 Å². The second-order valence-corrected chi connectivity index (χ2v) is 10.1.